The SMILES string of the molecule is CN1C(=O)S/C(=C\c2ccc(OCC(=O)O)c(Br)c2)C1=O. The van der Waals surface area contributed by atoms with Crippen LogP contribution in [0.1, 0.15) is 5.56 Å². The van der Waals surface area contributed by atoms with Gasteiger partial charge in [-0.1, -0.05) is 6.07 Å². The molecule has 8 heteroatoms. The Bertz CT molecular complexity index is 658. The van der Waals surface area contributed by atoms with Crippen LogP contribution in [-0.4, -0.2) is 40.8 Å². The van der Waals surface area contributed by atoms with Crippen molar-refractivity contribution in [3.63, 3.8) is 0 Å². The molecule has 2 rings (SSSR count). The largest absolute Gasteiger partial charge is 0.481 e. The highest BCUT2D eigenvalue weighted by Gasteiger charge is 2.31. The summed E-state index contributed by atoms with van der Waals surface area (Å²) in [5.74, 6) is -1.02. The Hall–Kier alpha value is -1.80. The van der Waals surface area contributed by atoms with Crippen molar-refractivity contribution in [2.75, 3.05) is 13.7 Å². The van der Waals surface area contributed by atoms with Crippen LogP contribution in [0.15, 0.2) is 27.6 Å². The van der Waals surface area contributed by atoms with Gasteiger partial charge in [-0.25, -0.2) is 4.79 Å². The van der Waals surface area contributed by atoms with Crippen molar-refractivity contribution in [3.05, 3.63) is 33.1 Å². The molecule has 1 fully saturated rings. The van der Waals surface area contributed by atoms with Crippen LogP contribution >= 0.6 is 27.7 Å². The summed E-state index contributed by atoms with van der Waals surface area (Å²) in [5.41, 5.74) is 0.698. The number of likely N-dealkylation sites (N-methyl/N-ethyl adjacent to an activating group) is 1. The van der Waals surface area contributed by atoms with Gasteiger partial charge >= 0.3 is 5.97 Å². The van der Waals surface area contributed by atoms with Crippen LogP contribution in [0.3, 0.4) is 0 Å². The fourth-order valence-corrected chi connectivity index (χ4v) is 2.90. The third-order valence-corrected chi connectivity index (χ3v) is 4.17. The van der Waals surface area contributed by atoms with Gasteiger partial charge in [-0.15, -0.1) is 0 Å². The minimum atomic E-state index is -1.07. The van der Waals surface area contributed by atoms with Gasteiger partial charge < -0.3 is 9.84 Å². The molecule has 1 aliphatic heterocycles. The molecule has 21 heavy (non-hydrogen) atoms. The van der Waals surface area contributed by atoms with E-state index in [-0.39, 0.29) is 11.1 Å². The number of ether oxygens (including phenoxy) is 1. The van der Waals surface area contributed by atoms with E-state index in [0.717, 1.165) is 16.7 Å². The maximum atomic E-state index is 11.8. The van der Waals surface area contributed by atoms with Crippen LogP contribution in [0.5, 0.6) is 5.75 Å². The van der Waals surface area contributed by atoms with Crippen molar-refractivity contribution in [1.82, 2.24) is 4.90 Å². The lowest BCUT2D eigenvalue weighted by Crippen LogP contribution is -2.22. The quantitative estimate of drug-likeness (QED) is 0.818. The maximum Gasteiger partial charge on any atom is 0.341 e. The average Bonchev–Trinajstić information content (AvgIpc) is 2.65. The number of carboxylic acid groups (broad SMARTS) is 1. The van der Waals surface area contributed by atoms with E-state index in [2.05, 4.69) is 15.9 Å². The number of aliphatic carboxylic acids is 1. The number of carboxylic acids is 1. The number of benzene rings is 1. The summed E-state index contributed by atoms with van der Waals surface area (Å²) in [5, 5.41) is 8.25. The van der Waals surface area contributed by atoms with Crippen LogP contribution in [0.25, 0.3) is 6.08 Å². The standard InChI is InChI=1S/C13H10BrNO5S/c1-15-12(18)10(21-13(15)19)5-7-2-3-9(8(14)4-7)20-6-11(16)17/h2-5H,6H2,1H3,(H,16,17)/b10-5-. The first-order valence-corrected chi connectivity index (χ1v) is 7.35. The minimum absolute atomic E-state index is 0.313. The van der Waals surface area contributed by atoms with Crippen LogP contribution in [0.4, 0.5) is 4.79 Å². The lowest BCUT2D eigenvalue weighted by atomic mass is 10.2. The lowest BCUT2D eigenvalue weighted by Gasteiger charge is -2.06. The second-order valence-electron chi connectivity index (χ2n) is 4.11. The number of halogens is 1. The van der Waals surface area contributed by atoms with Gasteiger partial charge in [-0.3, -0.25) is 14.5 Å². The number of hydrogen-bond acceptors (Lipinski definition) is 5. The van der Waals surface area contributed by atoms with Gasteiger partial charge in [0.05, 0.1) is 9.38 Å². The van der Waals surface area contributed by atoms with E-state index in [0.29, 0.717) is 20.7 Å². The maximum absolute atomic E-state index is 11.8. The van der Waals surface area contributed by atoms with Crippen molar-refractivity contribution in [3.8, 4) is 5.75 Å². The number of hydrogen-bond donors (Lipinski definition) is 1. The Morgan fingerprint density at radius 1 is 1.48 bits per heavy atom. The molecule has 0 spiro atoms. The summed E-state index contributed by atoms with van der Waals surface area (Å²) in [6.07, 6.45) is 1.60. The normalized spacial score (nSPS) is 16.7. The number of imide groups is 1. The molecule has 0 unspecified atom stereocenters. The molecule has 1 saturated heterocycles. The smallest absolute Gasteiger partial charge is 0.341 e. The van der Waals surface area contributed by atoms with E-state index in [1.807, 2.05) is 0 Å². The monoisotopic (exact) mass is 371 g/mol. The predicted octanol–water partition coefficient (Wildman–Crippen LogP) is 2.58. The molecule has 6 nitrogen and oxygen atoms in total. The van der Waals surface area contributed by atoms with E-state index in [4.69, 9.17) is 9.84 Å². The second-order valence-corrected chi connectivity index (χ2v) is 5.96. The number of carbonyl (C=O) groups is 3. The Morgan fingerprint density at radius 3 is 2.71 bits per heavy atom. The van der Waals surface area contributed by atoms with Crippen molar-refractivity contribution >= 4 is 50.9 Å². The molecule has 2 amide bonds. The third-order valence-electron chi connectivity index (χ3n) is 2.59. The molecule has 1 heterocycles. The zero-order valence-electron chi connectivity index (χ0n) is 10.8. The van der Waals surface area contributed by atoms with Crippen LogP contribution in [-0.2, 0) is 9.59 Å². The molecule has 0 aliphatic carbocycles. The van der Waals surface area contributed by atoms with E-state index in [1.54, 1.807) is 24.3 Å². The number of thioether (sulfide) groups is 1. The first-order valence-electron chi connectivity index (χ1n) is 5.74. The molecule has 0 atom stereocenters. The molecule has 1 aliphatic rings. The van der Waals surface area contributed by atoms with Crippen molar-refractivity contribution in [2.24, 2.45) is 0 Å². The van der Waals surface area contributed by atoms with E-state index < -0.39 is 12.6 Å². The van der Waals surface area contributed by atoms with Gasteiger partial charge in [-0.2, -0.15) is 0 Å². The molecule has 1 aromatic rings. The van der Waals surface area contributed by atoms with E-state index in [9.17, 15) is 14.4 Å². The first kappa shape index (κ1) is 15.6. The molecular formula is C13H10BrNO5S. The minimum Gasteiger partial charge on any atom is -0.481 e. The van der Waals surface area contributed by atoms with Crippen LogP contribution < -0.4 is 4.74 Å². The van der Waals surface area contributed by atoms with Gasteiger partial charge in [0.1, 0.15) is 5.75 Å². The summed E-state index contributed by atoms with van der Waals surface area (Å²) < 4.78 is 5.64. The van der Waals surface area contributed by atoms with Gasteiger partial charge in [0.25, 0.3) is 11.1 Å². The van der Waals surface area contributed by atoms with Gasteiger partial charge in [0, 0.05) is 7.05 Å². The highest BCUT2D eigenvalue weighted by atomic mass is 79.9. The Kier molecular flexibility index (Phi) is 4.69. The first-order chi connectivity index (χ1) is 9.88. The number of nitrogens with zero attached hydrogens (tertiary/aromatic N) is 1. The van der Waals surface area contributed by atoms with E-state index in [1.165, 1.54) is 7.05 Å². The lowest BCUT2D eigenvalue weighted by molar-refractivity contribution is -0.139. The molecule has 1 aromatic carbocycles. The molecular weight excluding hydrogens is 362 g/mol. The fraction of sp³-hybridized carbons (Fsp3) is 0.154. The van der Waals surface area contributed by atoms with Crippen LogP contribution in [0, 0.1) is 0 Å². The molecule has 1 N–H and O–H groups in total. The summed E-state index contributed by atoms with van der Waals surface area (Å²) in [6, 6.07) is 4.95. The number of carbonyl (C=O) groups excluding carboxylic acids is 2. The average molecular weight is 372 g/mol. The van der Waals surface area contributed by atoms with Crippen LogP contribution in [0.2, 0.25) is 0 Å². The summed E-state index contributed by atoms with van der Waals surface area (Å²) in [7, 11) is 1.43. The van der Waals surface area contributed by atoms with Crippen molar-refractivity contribution in [1.29, 1.82) is 0 Å². The summed E-state index contributed by atoms with van der Waals surface area (Å²) in [4.78, 5) is 35.0. The Morgan fingerprint density at radius 2 is 2.19 bits per heavy atom. The molecule has 0 saturated carbocycles. The zero-order chi connectivity index (χ0) is 15.6. The number of amides is 2. The molecule has 0 aromatic heterocycles. The number of rotatable bonds is 4. The molecule has 110 valence electrons. The van der Waals surface area contributed by atoms with Crippen molar-refractivity contribution < 1.29 is 24.2 Å². The highest BCUT2D eigenvalue weighted by Crippen LogP contribution is 2.32. The summed E-state index contributed by atoms with van der Waals surface area (Å²) in [6.45, 7) is -0.438. The molecule has 0 radical (unpaired) electrons. The second kappa shape index (κ2) is 6.31. The van der Waals surface area contributed by atoms with E-state index >= 15 is 0 Å². The fourth-order valence-electron chi connectivity index (χ4n) is 1.56. The Balaban J connectivity index is 2.19. The van der Waals surface area contributed by atoms with Gasteiger partial charge in [0.15, 0.2) is 6.61 Å². The zero-order valence-corrected chi connectivity index (χ0v) is 13.2. The highest BCUT2D eigenvalue weighted by molar-refractivity contribution is 9.10. The topological polar surface area (TPSA) is 83.9 Å². The van der Waals surface area contributed by atoms with Gasteiger partial charge in [0.2, 0.25) is 0 Å². The van der Waals surface area contributed by atoms with Crippen molar-refractivity contribution in [2.45, 2.75) is 0 Å². The summed E-state index contributed by atoms with van der Waals surface area (Å²) >= 11 is 4.14. The van der Waals surface area contributed by atoms with Gasteiger partial charge in [-0.05, 0) is 51.5 Å². The Labute approximate surface area is 132 Å². The molecule has 0 bridgehead atoms. The predicted molar refractivity (Wildman–Crippen MR) is 81.0 cm³/mol. The third kappa shape index (κ3) is 3.64.